The van der Waals surface area contributed by atoms with Crippen LogP contribution in [0.15, 0.2) is 22.7 Å². The Kier molecular flexibility index (Phi) is 7.76. The van der Waals surface area contributed by atoms with Gasteiger partial charge in [0.05, 0.1) is 24.9 Å². The molecule has 0 amide bonds. The van der Waals surface area contributed by atoms with Crippen LogP contribution in [0.4, 0.5) is 0 Å². The monoisotopic (exact) mass is 346 g/mol. The number of carbonyl (C=O) groups excluding carboxylic acids is 1. The van der Waals surface area contributed by atoms with Gasteiger partial charge in [-0.15, -0.1) is 0 Å². The van der Waals surface area contributed by atoms with E-state index in [1.807, 2.05) is 6.92 Å². The normalized spacial score (nSPS) is 13.8. The molecule has 2 atom stereocenters. The first-order valence-corrected chi connectivity index (χ1v) is 7.02. The van der Waals surface area contributed by atoms with Crippen LogP contribution in [0.1, 0.15) is 17.3 Å². The third-order valence-corrected chi connectivity index (χ3v) is 3.00. The van der Waals surface area contributed by atoms with E-state index in [4.69, 9.17) is 14.2 Å². The predicted molar refractivity (Wildman–Crippen MR) is 78.3 cm³/mol. The Balaban J connectivity index is 2.41. The highest BCUT2D eigenvalue weighted by Gasteiger charge is 2.10. The lowest BCUT2D eigenvalue weighted by Gasteiger charge is -2.17. The van der Waals surface area contributed by atoms with Crippen LogP contribution in [0.2, 0.25) is 0 Å². The Bertz CT molecular complexity index is 424. The van der Waals surface area contributed by atoms with Crippen LogP contribution in [0, 0.1) is 0 Å². The van der Waals surface area contributed by atoms with Gasteiger partial charge < -0.3 is 19.3 Å². The molecule has 0 aliphatic rings. The van der Waals surface area contributed by atoms with Crippen LogP contribution in [-0.4, -0.2) is 50.5 Å². The molecular weight excluding hydrogens is 328 g/mol. The van der Waals surface area contributed by atoms with E-state index in [-0.39, 0.29) is 19.3 Å². The van der Waals surface area contributed by atoms with E-state index >= 15 is 0 Å². The molecule has 0 fully saturated rings. The van der Waals surface area contributed by atoms with Crippen molar-refractivity contribution in [2.24, 2.45) is 0 Å². The van der Waals surface area contributed by atoms with Crippen molar-refractivity contribution in [3.63, 3.8) is 0 Å². The van der Waals surface area contributed by atoms with Crippen molar-refractivity contribution < 1.29 is 24.1 Å². The van der Waals surface area contributed by atoms with E-state index in [2.05, 4.69) is 15.9 Å². The summed E-state index contributed by atoms with van der Waals surface area (Å²) in [6, 6.07) is 5.10. The molecule has 0 radical (unpaired) electrons. The van der Waals surface area contributed by atoms with Gasteiger partial charge in [0, 0.05) is 11.6 Å². The quantitative estimate of drug-likeness (QED) is 0.693. The van der Waals surface area contributed by atoms with Crippen LogP contribution < -0.4 is 4.74 Å². The maximum absolute atomic E-state index is 10.9. The van der Waals surface area contributed by atoms with Gasteiger partial charge in [0.1, 0.15) is 18.5 Å². The molecule has 0 saturated heterocycles. The average Bonchev–Trinajstić information content (AvgIpc) is 2.44. The zero-order valence-electron chi connectivity index (χ0n) is 11.5. The van der Waals surface area contributed by atoms with Crippen molar-refractivity contribution in [3.8, 4) is 5.75 Å². The van der Waals surface area contributed by atoms with Crippen molar-refractivity contribution >= 4 is 22.2 Å². The van der Waals surface area contributed by atoms with Crippen LogP contribution in [-0.2, 0) is 9.47 Å². The zero-order valence-corrected chi connectivity index (χ0v) is 13.1. The molecular formula is C14H19BrO5. The van der Waals surface area contributed by atoms with Crippen molar-refractivity contribution in [3.05, 3.63) is 28.2 Å². The first-order valence-electron chi connectivity index (χ1n) is 6.23. The minimum atomic E-state index is -0.766. The third-order valence-electron chi connectivity index (χ3n) is 2.50. The lowest BCUT2D eigenvalue weighted by atomic mass is 10.2. The highest BCUT2D eigenvalue weighted by molar-refractivity contribution is 9.10. The highest BCUT2D eigenvalue weighted by atomic mass is 79.9. The van der Waals surface area contributed by atoms with E-state index in [9.17, 15) is 9.90 Å². The molecule has 1 rings (SSSR count). The lowest BCUT2D eigenvalue weighted by Crippen LogP contribution is -2.27. The molecule has 1 N–H and O–H groups in total. The van der Waals surface area contributed by atoms with E-state index in [0.717, 1.165) is 4.47 Å². The number of aldehydes is 1. The van der Waals surface area contributed by atoms with Gasteiger partial charge in [-0.25, -0.2) is 0 Å². The van der Waals surface area contributed by atoms with Crippen molar-refractivity contribution in [1.82, 2.24) is 0 Å². The molecule has 0 aliphatic carbocycles. The average molecular weight is 347 g/mol. The second-order valence-electron chi connectivity index (χ2n) is 4.36. The van der Waals surface area contributed by atoms with Crippen LogP contribution in [0.25, 0.3) is 0 Å². The number of halogens is 1. The molecule has 0 heterocycles. The Morgan fingerprint density at radius 3 is 2.75 bits per heavy atom. The first-order chi connectivity index (χ1) is 9.56. The summed E-state index contributed by atoms with van der Waals surface area (Å²) >= 11 is 3.28. The topological polar surface area (TPSA) is 65.0 Å². The maximum atomic E-state index is 10.9. The fourth-order valence-electron chi connectivity index (χ4n) is 1.54. The highest BCUT2D eigenvalue weighted by Crippen LogP contribution is 2.21. The van der Waals surface area contributed by atoms with Gasteiger partial charge in [-0.05, 0) is 25.1 Å². The number of hydrogen-bond acceptors (Lipinski definition) is 5. The summed E-state index contributed by atoms with van der Waals surface area (Å²) in [5, 5.41) is 9.76. The number of rotatable bonds is 9. The standard InChI is InChI=1S/C14H19BrO5/c1-10(7-18-2)19-8-13(17)9-20-14-4-3-12(15)5-11(14)6-16/h3-6,10,13,17H,7-9H2,1-2H3. The van der Waals surface area contributed by atoms with Gasteiger partial charge in [0.25, 0.3) is 0 Å². The molecule has 2 unspecified atom stereocenters. The van der Waals surface area contributed by atoms with Gasteiger partial charge in [-0.1, -0.05) is 15.9 Å². The molecule has 112 valence electrons. The Labute approximate surface area is 127 Å². The zero-order chi connectivity index (χ0) is 15.0. The summed E-state index contributed by atoms with van der Waals surface area (Å²) < 4.78 is 16.5. The second kappa shape index (κ2) is 9.07. The molecule has 0 saturated carbocycles. The molecule has 6 heteroatoms. The maximum Gasteiger partial charge on any atom is 0.153 e. The van der Waals surface area contributed by atoms with Gasteiger partial charge in [-0.3, -0.25) is 4.79 Å². The fourth-order valence-corrected chi connectivity index (χ4v) is 1.91. The van der Waals surface area contributed by atoms with Crippen molar-refractivity contribution in [2.45, 2.75) is 19.1 Å². The molecule has 0 spiro atoms. The van der Waals surface area contributed by atoms with E-state index in [0.29, 0.717) is 24.2 Å². The summed E-state index contributed by atoms with van der Waals surface area (Å²) in [6.07, 6.45) is -0.144. The minimum absolute atomic E-state index is 0.0577. The Morgan fingerprint density at radius 2 is 2.10 bits per heavy atom. The van der Waals surface area contributed by atoms with E-state index in [1.54, 1.807) is 25.3 Å². The molecule has 20 heavy (non-hydrogen) atoms. The number of hydrogen-bond donors (Lipinski definition) is 1. The number of methoxy groups -OCH3 is 1. The summed E-state index contributed by atoms with van der Waals surface area (Å²) in [7, 11) is 1.59. The van der Waals surface area contributed by atoms with E-state index < -0.39 is 6.10 Å². The van der Waals surface area contributed by atoms with E-state index in [1.165, 1.54) is 0 Å². The predicted octanol–water partition coefficient (Wildman–Crippen LogP) is 2.05. The van der Waals surface area contributed by atoms with Crippen LogP contribution in [0.3, 0.4) is 0 Å². The number of benzene rings is 1. The number of carbonyl (C=O) groups is 1. The van der Waals surface area contributed by atoms with Gasteiger partial charge >= 0.3 is 0 Å². The minimum Gasteiger partial charge on any atom is -0.490 e. The third kappa shape index (κ3) is 6.00. The summed E-state index contributed by atoms with van der Waals surface area (Å²) in [4.78, 5) is 10.9. The Morgan fingerprint density at radius 1 is 1.35 bits per heavy atom. The van der Waals surface area contributed by atoms with Gasteiger partial charge in [0.2, 0.25) is 0 Å². The Hall–Kier alpha value is -0.950. The van der Waals surface area contributed by atoms with Gasteiger partial charge in [-0.2, -0.15) is 0 Å². The molecule has 0 aliphatic heterocycles. The number of ether oxygens (including phenoxy) is 3. The molecule has 5 nitrogen and oxygen atoms in total. The SMILES string of the molecule is COCC(C)OCC(O)COc1ccc(Br)cc1C=O. The smallest absolute Gasteiger partial charge is 0.153 e. The largest absolute Gasteiger partial charge is 0.490 e. The molecule has 0 aromatic heterocycles. The van der Waals surface area contributed by atoms with Gasteiger partial charge in [0.15, 0.2) is 6.29 Å². The summed E-state index contributed by atoms with van der Waals surface area (Å²) in [6.45, 7) is 2.53. The van der Waals surface area contributed by atoms with Crippen molar-refractivity contribution in [1.29, 1.82) is 0 Å². The van der Waals surface area contributed by atoms with Crippen molar-refractivity contribution in [2.75, 3.05) is 26.9 Å². The number of aliphatic hydroxyl groups excluding tert-OH is 1. The molecule has 0 bridgehead atoms. The second-order valence-corrected chi connectivity index (χ2v) is 5.28. The molecule has 1 aromatic rings. The van der Waals surface area contributed by atoms with Crippen LogP contribution in [0.5, 0.6) is 5.75 Å². The number of aliphatic hydroxyl groups is 1. The van der Waals surface area contributed by atoms with Crippen LogP contribution >= 0.6 is 15.9 Å². The lowest BCUT2D eigenvalue weighted by molar-refractivity contribution is -0.0423. The fraction of sp³-hybridized carbons (Fsp3) is 0.500. The summed E-state index contributed by atoms with van der Waals surface area (Å²) in [5.41, 5.74) is 0.431. The summed E-state index contributed by atoms with van der Waals surface area (Å²) in [5.74, 6) is 0.437. The molecule has 1 aromatic carbocycles. The first kappa shape index (κ1) is 17.1.